The maximum absolute atomic E-state index is 11.3. The van der Waals surface area contributed by atoms with Crippen molar-refractivity contribution in [1.82, 2.24) is 9.97 Å². The highest BCUT2D eigenvalue weighted by Gasteiger charge is 2.31. The molecular formula is C16H23N3O. The zero-order chi connectivity index (χ0) is 14.3. The zero-order valence-corrected chi connectivity index (χ0v) is 12.4. The summed E-state index contributed by atoms with van der Waals surface area (Å²) in [6.07, 6.45) is 3.71. The minimum atomic E-state index is -0.149. The van der Waals surface area contributed by atoms with Crippen LogP contribution in [0.3, 0.4) is 0 Å². The number of hydrogen-bond donors (Lipinski definition) is 3. The van der Waals surface area contributed by atoms with Crippen LogP contribution in [0.1, 0.15) is 40.0 Å². The topological polar surface area (TPSA) is 60.7 Å². The zero-order valence-electron chi connectivity index (χ0n) is 12.4. The first-order valence-corrected chi connectivity index (χ1v) is 7.40. The summed E-state index contributed by atoms with van der Waals surface area (Å²) in [7, 11) is 0. The summed E-state index contributed by atoms with van der Waals surface area (Å²) in [5.74, 6) is 0.757. The van der Waals surface area contributed by atoms with E-state index in [1.807, 2.05) is 18.2 Å². The molecule has 1 heterocycles. The molecule has 2 aromatic rings. The molecule has 1 aromatic heterocycles. The van der Waals surface area contributed by atoms with E-state index < -0.39 is 0 Å². The fourth-order valence-electron chi connectivity index (χ4n) is 3.81. The number of benzene rings is 1. The van der Waals surface area contributed by atoms with Crippen LogP contribution < -0.4 is 11.0 Å². The Morgan fingerprint density at radius 3 is 2.70 bits per heavy atom. The molecule has 1 saturated carbocycles. The van der Waals surface area contributed by atoms with Gasteiger partial charge < -0.3 is 15.3 Å². The molecule has 3 rings (SSSR count). The average Bonchev–Trinajstić information content (AvgIpc) is 2.65. The van der Waals surface area contributed by atoms with Crippen LogP contribution in [-0.2, 0) is 0 Å². The van der Waals surface area contributed by atoms with Crippen LogP contribution in [0.2, 0.25) is 0 Å². The van der Waals surface area contributed by atoms with E-state index in [4.69, 9.17) is 0 Å². The number of fused-ring (bicyclic) bond motifs is 1. The van der Waals surface area contributed by atoms with Gasteiger partial charge in [0, 0.05) is 11.7 Å². The lowest BCUT2D eigenvalue weighted by molar-refractivity contribution is 0.178. The van der Waals surface area contributed by atoms with Gasteiger partial charge in [0.05, 0.1) is 11.0 Å². The van der Waals surface area contributed by atoms with E-state index in [1.54, 1.807) is 0 Å². The van der Waals surface area contributed by atoms with Crippen LogP contribution in [0.5, 0.6) is 0 Å². The maximum atomic E-state index is 11.3. The van der Waals surface area contributed by atoms with E-state index in [2.05, 4.69) is 36.1 Å². The summed E-state index contributed by atoms with van der Waals surface area (Å²) in [6.45, 7) is 7.04. The van der Waals surface area contributed by atoms with Crippen molar-refractivity contribution in [1.29, 1.82) is 0 Å². The van der Waals surface area contributed by atoms with Crippen molar-refractivity contribution in [3.63, 3.8) is 0 Å². The SMILES string of the molecule is CC1CC(Nc2ccc3[nH]c(=O)[nH]c3c2)CC(C)(C)C1. The predicted molar refractivity (Wildman–Crippen MR) is 83.1 cm³/mol. The molecule has 0 radical (unpaired) electrons. The van der Waals surface area contributed by atoms with Crippen LogP contribution in [-0.4, -0.2) is 16.0 Å². The number of aromatic nitrogens is 2. The number of imidazole rings is 1. The Morgan fingerprint density at radius 2 is 1.95 bits per heavy atom. The van der Waals surface area contributed by atoms with Crippen LogP contribution >= 0.6 is 0 Å². The Balaban J connectivity index is 1.80. The van der Waals surface area contributed by atoms with Gasteiger partial charge in [0.2, 0.25) is 0 Å². The fourth-order valence-corrected chi connectivity index (χ4v) is 3.81. The van der Waals surface area contributed by atoms with Gasteiger partial charge in [-0.15, -0.1) is 0 Å². The Kier molecular flexibility index (Phi) is 3.11. The fraction of sp³-hybridized carbons (Fsp3) is 0.562. The first kappa shape index (κ1) is 13.3. The van der Waals surface area contributed by atoms with Crippen molar-refractivity contribution in [3.8, 4) is 0 Å². The number of nitrogens with one attached hydrogen (secondary N) is 3. The van der Waals surface area contributed by atoms with E-state index in [1.165, 1.54) is 19.3 Å². The highest BCUT2D eigenvalue weighted by molar-refractivity contribution is 5.78. The van der Waals surface area contributed by atoms with Crippen molar-refractivity contribution in [2.45, 2.75) is 46.1 Å². The third kappa shape index (κ3) is 2.74. The molecule has 20 heavy (non-hydrogen) atoms. The molecule has 108 valence electrons. The molecule has 0 bridgehead atoms. The van der Waals surface area contributed by atoms with E-state index in [0.29, 0.717) is 11.5 Å². The van der Waals surface area contributed by atoms with Crippen molar-refractivity contribution < 1.29 is 0 Å². The van der Waals surface area contributed by atoms with Gasteiger partial charge in [-0.25, -0.2) is 4.79 Å². The van der Waals surface area contributed by atoms with Gasteiger partial charge in [-0.1, -0.05) is 20.8 Å². The van der Waals surface area contributed by atoms with E-state index >= 15 is 0 Å². The minimum absolute atomic E-state index is 0.149. The van der Waals surface area contributed by atoms with Crippen LogP contribution in [0, 0.1) is 11.3 Å². The molecule has 1 aromatic carbocycles. The summed E-state index contributed by atoms with van der Waals surface area (Å²) < 4.78 is 0. The molecule has 0 aliphatic heterocycles. The summed E-state index contributed by atoms with van der Waals surface area (Å²) in [6, 6.07) is 6.52. The molecule has 1 aliphatic carbocycles. The van der Waals surface area contributed by atoms with Gasteiger partial charge in [0.25, 0.3) is 0 Å². The van der Waals surface area contributed by atoms with Crippen molar-refractivity contribution in [3.05, 3.63) is 28.7 Å². The molecule has 1 fully saturated rings. The van der Waals surface area contributed by atoms with Gasteiger partial charge in [-0.3, -0.25) is 0 Å². The van der Waals surface area contributed by atoms with Crippen molar-refractivity contribution in [2.75, 3.05) is 5.32 Å². The van der Waals surface area contributed by atoms with E-state index in [-0.39, 0.29) is 5.69 Å². The largest absolute Gasteiger partial charge is 0.382 e. The molecule has 0 amide bonds. The lowest BCUT2D eigenvalue weighted by Crippen LogP contribution is -2.35. The minimum Gasteiger partial charge on any atom is -0.382 e. The maximum Gasteiger partial charge on any atom is 0.323 e. The van der Waals surface area contributed by atoms with Crippen molar-refractivity contribution in [2.24, 2.45) is 11.3 Å². The molecule has 4 heteroatoms. The normalized spacial score (nSPS) is 25.8. The molecule has 2 atom stereocenters. The summed E-state index contributed by atoms with van der Waals surface area (Å²) >= 11 is 0. The molecule has 0 saturated heterocycles. The number of aromatic amines is 2. The second-order valence-electron chi connectivity index (χ2n) is 7.09. The number of anilines is 1. The number of H-pyrrole nitrogens is 2. The molecule has 2 unspecified atom stereocenters. The lowest BCUT2D eigenvalue weighted by Gasteiger charge is -2.39. The van der Waals surface area contributed by atoms with Gasteiger partial charge in [-0.05, 0) is 48.8 Å². The van der Waals surface area contributed by atoms with Gasteiger partial charge >= 0.3 is 5.69 Å². The van der Waals surface area contributed by atoms with Crippen LogP contribution in [0.4, 0.5) is 5.69 Å². The van der Waals surface area contributed by atoms with Crippen LogP contribution in [0.15, 0.2) is 23.0 Å². The smallest absolute Gasteiger partial charge is 0.323 e. The van der Waals surface area contributed by atoms with E-state index in [9.17, 15) is 4.79 Å². The predicted octanol–water partition coefficient (Wildman–Crippen LogP) is 3.48. The highest BCUT2D eigenvalue weighted by atomic mass is 16.1. The monoisotopic (exact) mass is 273 g/mol. The molecule has 3 N–H and O–H groups in total. The third-order valence-electron chi connectivity index (χ3n) is 4.27. The van der Waals surface area contributed by atoms with Gasteiger partial charge in [-0.2, -0.15) is 0 Å². The molecule has 1 aliphatic rings. The van der Waals surface area contributed by atoms with Gasteiger partial charge in [0.15, 0.2) is 0 Å². The quantitative estimate of drug-likeness (QED) is 0.784. The average molecular weight is 273 g/mol. The summed E-state index contributed by atoms with van der Waals surface area (Å²) in [4.78, 5) is 16.9. The Morgan fingerprint density at radius 1 is 1.20 bits per heavy atom. The Hall–Kier alpha value is -1.71. The number of hydrogen-bond acceptors (Lipinski definition) is 2. The first-order valence-electron chi connectivity index (χ1n) is 7.40. The Bertz CT molecular complexity index is 668. The lowest BCUT2D eigenvalue weighted by atomic mass is 9.70. The van der Waals surface area contributed by atoms with Crippen molar-refractivity contribution >= 4 is 16.7 Å². The Labute approximate surface area is 119 Å². The molecular weight excluding hydrogens is 250 g/mol. The standard InChI is InChI=1S/C16H23N3O/c1-10-6-12(9-16(2,3)8-10)17-11-4-5-13-14(7-11)19-15(20)18-13/h4-5,7,10,12,17H,6,8-9H2,1-3H3,(H2,18,19,20). The second-order valence-corrected chi connectivity index (χ2v) is 7.09. The molecule has 4 nitrogen and oxygen atoms in total. The highest BCUT2D eigenvalue weighted by Crippen LogP contribution is 2.39. The van der Waals surface area contributed by atoms with Gasteiger partial charge in [0.1, 0.15) is 0 Å². The first-order chi connectivity index (χ1) is 9.41. The summed E-state index contributed by atoms with van der Waals surface area (Å²) in [5, 5.41) is 3.63. The van der Waals surface area contributed by atoms with E-state index in [0.717, 1.165) is 22.6 Å². The second kappa shape index (κ2) is 4.69. The summed E-state index contributed by atoms with van der Waals surface area (Å²) in [5.41, 5.74) is 3.06. The molecule has 0 spiro atoms. The number of rotatable bonds is 2. The van der Waals surface area contributed by atoms with Crippen LogP contribution in [0.25, 0.3) is 11.0 Å². The third-order valence-corrected chi connectivity index (χ3v) is 4.27.